The molecule has 0 spiro atoms. The minimum absolute atomic E-state index is 0.146. The van der Waals surface area contributed by atoms with Crippen molar-refractivity contribution in [2.45, 2.75) is 12.5 Å². The van der Waals surface area contributed by atoms with E-state index in [4.69, 9.17) is 10.8 Å². The molecule has 0 fully saturated rings. The molecule has 16 heavy (non-hydrogen) atoms. The molecule has 1 unspecified atom stereocenters. The van der Waals surface area contributed by atoms with Crippen LogP contribution in [0.15, 0.2) is 30.5 Å². The summed E-state index contributed by atoms with van der Waals surface area (Å²) >= 11 is 0. The summed E-state index contributed by atoms with van der Waals surface area (Å²) in [6, 6.07) is 6.76. The van der Waals surface area contributed by atoms with Crippen LogP contribution in [0.4, 0.5) is 0 Å². The molecular formula is C11H11N3O2. The summed E-state index contributed by atoms with van der Waals surface area (Å²) in [4.78, 5) is 19.0. The van der Waals surface area contributed by atoms with Crippen molar-refractivity contribution in [1.82, 2.24) is 9.97 Å². The maximum absolute atomic E-state index is 10.5. The summed E-state index contributed by atoms with van der Waals surface area (Å²) in [6.07, 6.45) is 1.38. The smallest absolute Gasteiger partial charge is 0.305 e. The highest BCUT2D eigenvalue weighted by Gasteiger charge is 2.12. The van der Waals surface area contributed by atoms with Gasteiger partial charge in [0.1, 0.15) is 0 Å². The van der Waals surface area contributed by atoms with Gasteiger partial charge < -0.3 is 10.8 Å². The molecule has 0 aliphatic heterocycles. The normalized spacial score (nSPS) is 12.6. The van der Waals surface area contributed by atoms with Gasteiger partial charge in [-0.05, 0) is 12.1 Å². The number of rotatable bonds is 3. The lowest BCUT2D eigenvalue weighted by atomic mass is 10.1. The molecule has 5 nitrogen and oxygen atoms in total. The van der Waals surface area contributed by atoms with Crippen LogP contribution >= 0.6 is 0 Å². The number of nitrogens with zero attached hydrogens (tertiary/aromatic N) is 2. The lowest BCUT2D eigenvalue weighted by Crippen LogP contribution is -2.16. The van der Waals surface area contributed by atoms with Crippen molar-refractivity contribution in [2.75, 3.05) is 0 Å². The fourth-order valence-corrected chi connectivity index (χ4v) is 1.44. The minimum Gasteiger partial charge on any atom is -0.481 e. The quantitative estimate of drug-likeness (QED) is 0.803. The zero-order valence-electron chi connectivity index (χ0n) is 8.50. The average Bonchev–Trinajstić information content (AvgIpc) is 2.27. The Morgan fingerprint density at radius 1 is 1.38 bits per heavy atom. The molecule has 0 amide bonds. The van der Waals surface area contributed by atoms with E-state index in [0.29, 0.717) is 5.69 Å². The Bertz CT molecular complexity index is 527. The molecule has 82 valence electrons. The van der Waals surface area contributed by atoms with Gasteiger partial charge in [0.25, 0.3) is 0 Å². The number of nitrogens with two attached hydrogens (primary N) is 1. The molecule has 0 saturated carbocycles. The van der Waals surface area contributed by atoms with E-state index < -0.39 is 12.0 Å². The average molecular weight is 217 g/mol. The molecule has 2 rings (SSSR count). The summed E-state index contributed by atoms with van der Waals surface area (Å²) in [5.41, 5.74) is 7.70. The molecule has 5 heteroatoms. The van der Waals surface area contributed by atoms with E-state index in [1.807, 2.05) is 24.3 Å². The molecule has 0 aliphatic rings. The van der Waals surface area contributed by atoms with E-state index in [1.54, 1.807) is 0 Å². The molecular weight excluding hydrogens is 206 g/mol. The Morgan fingerprint density at radius 3 is 2.75 bits per heavy atom. The monoisotopic (exact) mass is 217 g/mol. The van der Waals surface area contributed by atoms with E-state index in [0.717, 1.165) is 11.0 Å². The van der Waals surface area contributed by atoms with Crippen molar-refractivity contribution < 1.29 is 9.90 Å². The van der Waals surface area contributed by atoms with Crippen LogP contribution in [0.5, 0.6) is 0 Å². The van der Waals surface area contributed by atoms with Crippen molar-refractivity contribution in [2.24, 2.45) is 5.73 Å². The number of hydrogen-bond donors (Lipinski definition) is 2. The van der Waals surface area contributed by atoms with Gasteiger partial charge in [0.2, 0.25) is 0 Å². The Balaban J connectivity index is 2.35. The van der Waals surface area contributed by atoms with Crippen molar-refractivity contribution in [3.05, 3.63) is 36.2 Å². The third-order valence-electron chi connectivity index (χ3n) is 2.24. The van der Waals surface area contributed by atoms with Crippen LogP contribution < -0.4 is 5.73 Å². The van der Waals surface area contributed by atoms with Gasteiger partial charge in [-0.3, -0.25) is 9.78 Å². The topological polar surface area (TPSA) is 89.1 Å². The first-order valence-electron chi connectivity index (χ1n) is 4.86. The molecule has 1 aromatic carbocycles. The van der Waals surface area contributed by atoms with E-state index in [1.165, 1.54) is 6.20 Å². The van der Waals surface area contributed by atoms with Crippen LogP contribution in [0.2, 0.25) is 0 Å². The van der Waals surface area contributed by atoms with E-state index in [2.05, 4.69) is 9.97 Å². The summed E-state index contributed by atoms with van der Waals surface area (Å²) in [6.45, 7) is 0. The van der Waals surface area contributed by atoms with Crippen molar-refractivity contribution in [3.63, 3.8) is 0 Å². The Labute approximate surface area is 91.9 Å². The van der Waals surface area contributed by atoms with E-state index >= 15 is 0 Å². The largest absolute Gasteiger partial charge is 0.481 e. The molecule has 0 saturated heterocycles. The number of benzene rings is 1. The van der Waals surface area contributed by atoms with Crippen LogP contribution in [0.3, 0.4) is 0 Å². The number of carbonyl (C=O) groups is 1. The minimum atomic E-state index is -0.942. The maximum atomic E-state index is 10.5. The van der Waals surface area contributed by atoms with Crippen LogP contribution in [0, 0.1) is 0 Å². The van der Waals surface area contributed by atoms with Gasteiger partial charge >= 0.3 is 5.97 Å². The molecule has 1 heterocycles. The molecule has 0 bridgehead atoms. The first-order chi connectivity index (χ1) is 7.66. The zero-order valence-corrected chi connectivity index (χ0v) is 8.50. The standard InChI is InChI=1S/C11H11N3O2/c12-7(5-11(15)16)10-6-13-8-3-1-2-4-9(8)14-10/h1-4,6-7H,5,12H2,(H,15,16). The van der Waals surface area contributed by atoms with Crippen LogP contribution in [-0.2, 0) is 4.79 Å². The number of aliphatic carboxylic acids is 1. The summed E-state index contributed by atoms with van der Waals surface area (Å²) in [5, 5.41) is 8.63. The molecule has 1 aromatic heterocycles. The first-order valence-corrected chi connectivity index (χ1v) is 4.86. The molecule has 3 N–H and O–H groups in total. The highest BCUT2D eigenvalue weighted by Crippen LogP contribution is 2.14. The molecule has 0 aliphatic carbocycles. The van der Waals surface area contributed by atoms with Gasteiger partial charge in [0.15, 0.2) is 0 Å². The number of hydrogen-bond acceptors (Lipinski definition) is 4. The van der Waals surface area contributed by atoms with Gasteiger partial charge in [-0.2, -0.15) is 0 Å². The number of carboxylic acid groups (broad SMARTS) is 1. The lowest BCUT2D eigenvalue weighted by Gasteiger charge is -2.08. The second-order valence-electron chi connectivity index (χ2n) is 3.49. The molecule has 1 atom stereocenters. The second kappa shape index (κ2) is 4.24. The zero-order chi connectivity index (χ0) is 11.5. The van der Waals surface area contributed by atoms with E-state index in [-0.39, 0.29) is 6.42 Å². The summed E-state index contributed by atoms with van der Waals surface area (Å²) < 4.78 is 0. The maximum Gasteiger partial charge on any atom is 0.305 e. The van der Waals surface area contributed by atoms with Gasteiger partial charge in [-0.25, -0.2) is 4.98 Å². The number of para-hydroxylation sites is 2. The fourth-order valence-electron chi connectivity index (χ4n) is 1.44. The highest BCUT2D eigenvalue weighted by atomic mass is 16.4. The van der Waals surface area contributed by atoms with Crippen LogP contribution in [0.25, 0.3) is 11.0 Å². The van der Waals surface area contributed by atoms with Gasteiger partial charge in [0.05, 0.1) is 35.4 Å². The van der Waals surface area contributed by atoms with Crippen LogP contribution in [0.1, 0.15) is 18.2 Å². The summed E-state index contributed by atoms with van der Waals surface area (Å²) in [5.74, 6) is -0.942. The first kappa shape index (κ1) is 10.5. The van der Waals surface area contributed by atoms with Gasteiger partial charge in [0, 0.05) is 0 Å². The Morgan fingerprint density at radius 2 is 2.06 bits per heavy atom. The summed E-state index contributed by atoms with van der Waals surface area (Å²) in [7, 11) is 0. The van der Waals surface area contributed by atoms with Crippen molar-refractivity contribution in [1.29, 1.82) is 0 Å². The molecule has 0 radical (unpaired) electrons. The Kier molecular flexibility index (Phi) is 2.78. The fraction of sp³-hybridized carbons (Fsp3) is 0.182. The molecule has 2 aromatic rings. The van der Waals surface area contributed by atoms with E-state index in [9.17, 15) is 4.79 Å². The SMILES string of the molecule is NC(CC(=O)O)c1cnc2ccccc2n1. The predicted octanol–water partition coefficient (Wildman–Crippen LogP) is 1.10. The van der Waals surface area contributed by atoms with Crippen molar-refractivity contribution in [3.8, 4) is 0 Å². The highest BCUT2D eigenvalue weighted by molar-refractivity contribution is 5.74. The number of fused-ring (bicyclic) bond motifs is 1. The third kappa shape index (κ3) is 2.14. The van der Waals surface area contributed by atoms with Crippen molar-refractivity contribution >= 4 is 17.0 Å². The number of aromatic nitrogens is 2. The Hall–Kier alpha value is -2.01. The number of carboxylic acids is 1. The third-order valence-corrected chi connectivity index (χ3v) is 2.24. The van der Waals surface area contributed by atoms with Gasteiger partial charge in [-0.15, -0.1) is 0 Å². The lowest BCUT2D eigenvalue weighted by molar-refractivity contribution is -0.137. The predicted molar refractivity (Wildman–Crippen MR) is 58.7 cm³/mol. The van der Waals surface area contributed by atoms with Crippen LogP contribution in [-0.4, -0.2) is 21.0 Å². The second-order valence-corrected chi connectivity index (χ2v) is 3.49. The van der Waals surface area contributed by atoms with Gasteiger partial charge in [-0.1, -0.05) is 12.1 Å².